The first-order valence-corrected chi connectivity index (χ1v) is 15.3. The van der Waals surface area contributed by atoms with Crippen LogP contribution in [0.1, 0.15) is 61.2 Å². The molecule has 0 aliphatic carbocycles. The van der Waals surface area contributed by atoms with Gasteiger partial charge in [-0.3, -0.25) is 19.3 Å². The van der Waals surface area contributed by atoms with E-state index < -0.39 is 53.7 Å². The summed E-state index contributed by atoms with van der Waals surface area (Å²) in [5.41, 5.74) is 0.886. The van der Waals surface area contributed by atoms with Crippen molar-refractivity contribution in [3.63, 3.8) is 0 Å². The van der Waals surface area contributed by atoms with Gasteiger partial charge in [0.15, 0.2) is 0 Å². The lowest BCUT2D eigenvalue weighted by molar-refractivity contribution is -0.138. The molecule has 242 valence electrons. The Bertz CT molecular complexity index is 1640. The Morgan fingerprint density at radius 1 is 1.07 bits per heavy atom. The maximum atomic E-state index is 15.7. The normalized spacial score (nSPS) is 15.2. The average Bonchev–Trinajstić information content (AvgIpc) is 2.91. The molecule has 0 radical (unpaired) electrons. The number of hydrogen-bond donors (Lipinski definition) is 2. The number of rotatable bonds is 12. The highest BCUT2D eigenvalue weighted by Gasteiger charge is 2.31. The summed E-state index contributed by atoms with van der Waals surface area (Å²) in [6, 6.07) is 4.01. The molecule has 2 N–H and O–H groups in total. The Morgan fingerprint density at radius 2 is 1.71 bits per heavy atom. The zero-order valence-electron chi connectivity index (χ0n) is 25.3. The number of carbonyl (C=O) groups is 2. The predicted octanol–water partition coefficient (Wildman–Crippen LogP) is 6.23. The quantitative estimate of drug-likeness (QED) is 0.238. The van der Waals surface area contributed by atoms with Crippen molar-refractivity contribution in [2.75, 3.05) is 19.6 Å². The number of nitrogens with zero attached hydrogens (tertiary/aromatic N) is 3. The number of likely N-dealkylation sites (tertiary alicyclic amines) is 1. The summed E-state index contributed by atoms with van der Waals surface area (Å²) in [6.07, 6.45) is -0.931. The number of hydrogen-bond acceptors (Lipinski definition) is 5. The van der Waals surface area contributed by atoms with Crippen molar-refractivity contribution in [3.05, 3.63) is 84.7 Å². The summed E-state index contributed by atoms with van der Waals surface area (Å²) in [6.45, 7) is 7.98. The van der Waals surface area contributed by atoms with Gasteiger partial charge in [0, 0.05) is 42.7 Å². The molecule has 1 fully saturated rings. The minimum atomic E-state index is -1.36. The molecule has 1 aliphatic rings. The van der Waals surface area contributed by atoms with Gasteiger partial charge in [-0.15, -0.1) is 0 Å². The Morgan fingerprint density at radius 3 is 2.29 bits per heavy atom. The van der Waals surface area contributed by atoms with E-state index in [9.17, 15) is 28.3 Å². The number of carboxylic acids is 1. The van der Waals surface area contributed by atoms with Gasteiger partial charge in [-0.2, -0.15) is 5.10 Å². The first-order chi connectivity index (χ1) is 21.1. The molecule has 1 aliphatic heterocycles. The third kappa shape index (κ3) is 8.25. The van der Waals surface area contributed by atoms with E-state index in [0.717, 1.165) is 16.8 Å². The Kier molecular flexibility index (Phi) is 11.0. The van der Waals surface area contributed by atoms with Gasteiger partial charge in [-0.1, -0.05) is 37.0 Å². The van der Waals surface area contributed by atoms with E-state index in [4.69, 9.17) is 23.2 Å². The van der Waals surface area contributed by atoms with Crippen LogP contribution in [0.5, 0.6) is 0 Å². The molecule has 4 rings (SSSR count). The fraction of sp³-hybridized carbons (Fsp3) is 0.438. The van der Waals surface area contributed by atoms with Crippen LogP contribution in [0.2, 0.25) is 10.0 Å². The van der Waals surface area contributed by atoms with Crippen molar-refractivity contribution in [2.24, 2.45) is 5.92 Å². The first kappa shape index (κ1) is 34.5. The maximum absolute atomic E-state index is 15.7. The lowest BCUT2D eigenvalue weighted by Crippen LogP contribution is -2.49. The zero-order chi connectivity index (χ0) is 33.2. The van der Waals surface area contributed by atoms with Gasteiger partial charge in [-0.25, -0.2) is 17.9 Å². The minimum absolute atomic E-state index is 0.0351. The standard InChI is InChI=1S/C32H35Cl2F3N4O4/c1-16(2)7-27(41-32(45)18(4)9-22(39-41)5-6-40-14-21(36)15-40)31(44)38-26(13-28(42)43)23-10-19(8-17(3)30(23)37)29-24(33)11-20(35)12-25(29)34/h8-12,16,21,26-27H,5-7,13-15H2,1-4H3,(H,38,44)(H,42,43)/t26-,27-/m0/s1. The van der Waals surface area contributed by atoms with Gasteiger partial charge < -0.3 is 10.4 Å². The molecule has 2 atom stereocenters. The fourth-order valence-corrected chi connectivity index (χ4v) is 6.14. The third-order valence-electron chi connectivity index (χ3n) is 7.70. The van der Waals surface area contributed by atoms with Crippen molar-refractivity contribution in [1.82, 2.24) is 20.0 Å². The minimum Gasteiger partial charge on any atom is -0.481 e. The highest BCUT2D eigenvalue weighted by atomic mass is 35.5. The predicted molar refractivity (Wildman–Crippen MR) is 166 cm³/mol. The van der Waals surface area contributed by atoms with Gasteiger partial charge in [-0.05, 0) is 67.6 Å². The monoisotopic (exact) mass is 666 g/mol. The molecule has 1 saturated heterocycles. The van der Waals surface area contributed by atoms with Gasteiger partial charge in [0.05, 0.1) is 28.2 Å². The SMILES string of the molecule is Cc1cc(-c2c(Cl)cc(F)cc2Cl)cc([C@H](CC(=O)O)NC(=O)[C@H](CC(C)C)n2nc(CCN3CC(F)C3)cc(C)c2=O)c1F. The molecule has 2 aromatic carbocycles. The van der Waals surface area contributed by atoms with Crippen LogP contribution in [0, 0.1) is 31.4 Å². The van der Waals surface area contributed by atoms with Crippen LogP contribution in [-0.4, -0.2) is 57.5 Å². The van der Waals surface area contributed by atoms with Crippen LogP contribution in [0.15, 0.2) is 35.1 Å². The van der Waals surface area contributed by atoms with Crippen LogP contribution in [0.25, 0.3) is 11.1 Å². The number of alkyl halides is 1. The Hall–Kier alpha value is -3.41. The molecule has 0 spiro atoms. The number of amides is 1. The molecule has 2 heterocycles. The lowest BCUT2D eigenvalue weighted by atomic mass is 9.94. The number of benzene rings is 2. The number of carboxylic acid groups (broad SMARTS) is 1. The van der Waals surface area contributed by atoms with Crippen molar-refractivity contribution >= 4 is 35.1 Å². The molecule has 45 heavy (non-hydrogen) atoms. The van der Waals surface area contributed by atoms with E-state index in [2.05, 4.69) is 10.4 Å². The number of aryl methyl sites for hydroxylation is 2. The van der Waals surface area contributed by atoms with E-state index in [1.807, 2.05) is 18.7 Å². The smallest absolute Gasteiger partial charge is 0.305 e. The number of halogens is 5. The molecule has 8 nitrogen and oxygen atoms in total. The second kappa shape index (κ2) is 14.3. The van der Waals surface area contributed by atoms with Crippen molar-refractivity contribution in [1.29, 1.82) is 0 Å². The van der Waals surface area contributed by atoms with E-state index >= 15 is 4.39 Å². The second-order valence-electron chi connectivity index (χ2n) is 11.9. The lowest BCUT2D eigenvalue weighted by Gasteiger charge is -2.34. The van der Waals surface area contributed by atoms with Crippen LogP contribution in [0.4, 0.5) is 13.2 Å². The van der Waals surface area contributed by atoms with Crippen molar-refractivity contribution in [3.8, 4) is 11.1 Å². The average molecular weight is 668 g/mol. The molecular formula is C32H35Cl2F3N4O4. The molecule has 0 bridgehead atoms. The third-order valence-corrected chi connectivity index (χ3v) is 8.30. The van der Waals surface area contributed by atoms with Crippen molar-refractivity contribution in [2.45, 2.75) is 65.2 Å². The molecule has 3 aromatic rings. The molecule has 0 saturated carbocycles. The second-order valence-corrected chi connectivity index (χ2v) is 12.7. The summed E-state index contributed by atoms with van der Waals surface area (Å²) < 4.78 is 43.9. The molecule has 1 amide bonds. The van der Waals surface area contributed by atoms with Crippen LogP contribution in [-0.2, 0) is 16.0 Å². The van der Waals surface area contributed by atoms with E-state index in [-0.39, 0.29) is 39.1 Å². The Labute approximate surface area is 269 Å². The van der Waals surface area contributed by atoms with Gasteiger partial charge in [0.1, 0.15) is 23.8 Å². The number of aliphatic carboxylic acids is 1. The number of carbonyl (C=O) groups excluding carboxylic acids is 1. The van der Waals surface area contributed by atoms with E-state index in [1.165, 1.54) is 19.1 Å². The highest BCUT2D eigenvalue weighted by Crippen LogP contribution is 2.38. The topological polar surface area (TPSA) is 105 Å². The molecule has 0 unspecified atom stereocenters. The molecular weight excluding hydrogens is 632 g/mol. The van der Waals surface area contributed by atoms with Crippen LogP contribution < -0.4 is 10.9 Å². The number of aromatic nitrogens is 2. The summed E-state index contributed by atoms with van der Waals surface area (Å²) in [7, 11) is 0. The molecule has 1 aromatic heterocycles. The van der Waals surface area contributed by atoms with Gasteiger partial charge in [0.2, 0.25) is 5.91 Å². The van der Waals surface area contributed by atoms with Gasteiger partial charge in [0.25, 0.3) is 5.56 Å². The largest absolute Gasteiger partial charge is 0.481 e. The Balaban J connectivity index is 1.72. The first-order valence-electron chi connectivity index (χ1n) is 14.6. The van der Waals surface area contributed by atoms with Crippen molar-refractivity contribution < 1.29 is 27.9 Å². The summed E-state index contributed by atoms with van der Waals surface area (Å²) in [5.74, 6) is -3.53. The van der Waals surface area contributed by atoms with E-state index in [1.54, 1.807) is 13.0 Å². The van der Waals surface area contributed by atoms with Crippen LogP contribution >= 0.6 is 23.2 Å². The maximum Gasteiger partial charge on any atom is 0.305 e. The zero-order valence-corrected chi connectivity index (χ0v) is 26.9. The highest BCUT2D eigenvalue weighted by molar-refractivity contribution is 6.39. The van der Waals surface area contributed by atoms with Crippen LogP contribution in [0.3, 0.4) is 0 Å². The van der Waals surface area contributed by atoms with Gasteiger partial charge >= 0.3 is 5.97 Å². The summed E-state index contributed by atoms with van der Waals surface area (Å²) in [5, 5.41) is 16.8. The molecule has 13 heteroatoms. The fourth-order valence-electron chi connectivity index (χ4n) is 5.46. The van der Waals surface area contributed by atoms with E-state index in [0.29, 0.717) is 42.9 Å². The summed E-state index contributed by atoms with van der Waals surface area (Å²) >= 11 is 12.6. The number of nitrogens with one attached hydrogen (secondary N) is 1. The summed E-state index contributed by atoms with van der Waals surface area (Å²) in [4.78, 5) is 41.1.